The highest BCUT2D eigenvalue weighted by molar-refractivity contribution is 6.10. The summed E-state index contributed by atoms with van der Waals surface area (Å²) in [5, 5.41) is 7.11. The minimum absolute atomic E-state index is 0.0537. The zero-order chi connectivity index (χ0) is 25.4. The molecule has 6 nitrogen and oxygen atoms in total. The normalized spacial score (nSPS) is 18.2. The van der Waals surface area contributed by atoms with Gasteiger partial charge in [0.2, 0.25) is 0 Å². The van der Waals surface area contributed by atoms with Crippen LogP contribution in [0.25, 0.3) is 0 Å². The van der Waals surface area contributed by atoms with Gasteiger partial charge in [-0.15, -0.1) is 0 Å². The van der Waals surface area contributed by atoms with Gasteiger partial charge in [-0.2, -0.15) is 0 Å². The molecule has 1 heterocycles. The SMILES string of the molecule is COc1ccc(C2Nc3cc(C(=O)c4ccccc4)ccc3NC3=C2C(=O)CC(C)(C)C3)cc1OC. The van der Waals surface area contributed by atoms with E-state index in [-0.39, 0.29) is 17.0 Å². The number of rotatable bonds is 5. The fourth-order valence-electron chi connectivity index (χ4n) is 5.12. The number of ketones is 2. The van der Waals surface area contributed by atoms with Crippen LogP contribution in [0.15, 0.2) is 78.0 Å². The smallest absolute Gasteiger partial charge is 0.193 e. The molecule has 0 fully saturated rings. The van der Waals surface area contributed by atoms with Crippen LogP contribution in [0.4, 0.5) is 11.4 Å². The highest BCUT2D eigenvalue weighted by Crippen LogP contribution is 2.46. The molecule has 3 aromatic rings. The molecule has 2 aliphatic rings. The maximum Gasteiger partial charge on any atom is 0.193 e. The Hall–Kier alpha value is -4.06. The van der Waals surface area contributed by atoms with E-state index in [1.165, 1.54) is 0 Å². The fraction of sp³-hybridized carbons (Fsp3) is 0.267. The van der Waals surface area contributed by atoms with Gasteiger partial charge in [0.1, 0.15) is 0 Å². The number of ether oxygens (including phenoxy) is 2. The zero-order valence-corrected chi connectivity index (χ0v) is 21.0. The monoisotopic (exact) mass is 482 g/mol. The van der Waals surface area contributed by atoms with Crippen molar-refractivity contribution in [3.05, 3.63) is 94.7 Å². The second kappa shape index (κ2) is 9.19. The number of carbonyl (C=O) groups excluding carboxylic acids is 2. The van der Waals surface area contributed by atoms with Gasteiger partial charge >= 0.3 is 0 Å². The van der Waals surface area contributed by atoms with Crippen molar-refractivity contribution in [3.63, 3.8) is 0 Å². The number of hydrogen-bond donors (Lipinski definition) is 2. The van der Waals surface area contributed by atoms with Crippen molar-refractivity contribution >= 4 is 22.9 Å². The summed E-state index contributed by atoms with van der Waals surface area (Å²) in [6, 6.07) is 20.1. The number of carbonyl (C=O) groups is 2. The lowest BCUT2D eigenvalue weighted by molar-refractivity contribution is -0.118. The molecule has 0 aromatic heterocycles. The van der Waals surface area contributed by atoms with Crippen molar-refractivity contribution in [3.8, 4) is 11.5 Å². The van der Waals surface area contributed by atoms with Crippen molar-refractivity contribution in [2.24, 2.45) is 5.41 Å². The van der Waals surface area contributed by atoms with Crippen molar-refractivity contribution in [2.45, 2.75) is 32.7 Å². The Balaban J connectivity index is 1.62. The Morgan fingerprint density at radius 2 is 1.61 bits per heavy atom. The van der Waals surface area contributed by atoms with Gasteiger partial charge in [0, 0.05) is 28.8 Å². The summed E-state index contributed by atoms with van der Waals surface area (Å²) < 4.78 is 11.0. The van der Waals surface area contributed by atoms with Gasteiger partial charge in [0.05, 0.1) is 31.6 Å². The number of allylic oxidation sites excluding steroid dienone is 1. The summed E-state index contributed by atoms with van der Waals surface area (Å²) in [6.45, 7) is 4.23. The highest BCUT2D eigenvalue weighted by atomic mass is 16.5. The van der Waals surface area contributed by atoms with Crippen LogP contribution in [0.5, 0.6) is 11.5 Å². The molecule has 3 aromatic carbocycles. The molecule has 0 saturated heterocycles. The number of nitrogens with one attached hydrogen (secondary N) is 2. The zero-order valence-electron chi connectivity index (χ0n) is 21.0. The summed E-state index contributed by atoms with van der Waals surface area (Å²) in [5.74, 6) is 1.26. The van der Waals surface area contributed by atoms with Gasteiger partial charge in [-0.05, 0) is 47.7 Å². The molecule has 2 N–H and O–H groups in total. The highest BCUT2D eigenvalue weighted by Gasteiger charge is 2.39. The van der Waals surface area contributed by atoms with Crippen LogP contribution in [0.2, 0.25) is 0 Å². The van der Waals surface area contributed by atoms with Crippen LogP contribution in [0.3, 0.4) is 0 Å². The summed E-state index contributed by atoms with van der Waals surface area (Å²) in [7, 11) is 3.19. The number of hydrogen-bond acceptors (Lipinski definition) is 6. The second-order valence-electron chi connectivity index (χ2n) is 10.1. The number of methoxy groups -OCH3 is 2. The first-order valence-electron chi connectivity index (χ1n) is 12.0. The maximum absolute atomic E-state index is 13.5. The molecule has 5 rings (SSSR count). The Bertz CT molecular complexity index is 1370. The number of anilines is 2. The Morgan fingerprint density at radius 3 is 2.33 bits per heavy atom. The van der Waals surface area contributed by atoms with Crippen LogP contribution >= 0.6 is 0 Å². The van der Waals surface area contributed by atoms with Gasteiger partial charge in [-0.3, -0.25) is 9.59 Å². The van der Waals surface area contributed by atoms with E-state index in [2.05, 4.69) is 24.5 Å². The van der Waals surface area contributed by atoms with Crippen molar-refractivity contribution < 1.29 is 19.1 Å². The molecule has 36 heavy (non-hydrogen) atoms. The quantitative estimate of drug-likeness (QED) is 0.425. The molecule has 0 saturated carbocycles. The summed E-state index contributed by atoms with van der Waals surface area (Å²) >= 11 is 0. The minimum Gasteiger partial charge on any atom is -0.493 e. The molecule has 0 amide bonds. The van der Waals surface area contributed by atoms with Gasteiger partial charge < -0.3 is 20.1 Å². The third-order valence-corrected chi connectivity index (χ3v) is 6.85. The minimum atomic E-state index is -0.417. The molecule has 0 bridgehead atoms. The lowest BCUT2D eigenvalue weighted by Gasteiger charge is -2.34. The van der Waals surface area contributed by atoms with E-state index >= 15 is 0 Å². The third kappa shape index (κ3) is 4.35. The third-order valence-electron chi connectivity index (χ3n) is 6.85. The van der Waals surface area contributed by atoms with Gasteiger partial charge in [-0.25, -0.2) is 0 Å². The molecule has 0 radical (unpaired) electrons. The van der Waals surface area contributed by atoms with Crippen molar-refractivity contribution in [1.82, 2.24) is 0 Å². The molecule has 1 aliphatic heterocycles. The number of fused-ring (bicyclic) bond motifs is 1. The fourth-order valence-corrected chi connectivity index (χ4v) is 5.12. The van der Waals surface area contributed by atoms with Crippen molar-refractivity contribution in [2.75, 3.05) is 24.9 Å². The van der Waals surface area contributed by atoms with Gasteiger partial charge in [-0.1, -0.05) is 50.2 Å². The molecule has 1 aliphatic carbocycles. The Morgan fingerprint density at radius 1 is 0.861 bits per heavy atom. The second-order valence-corrected chi connectivity index (χ2v) is 10.1. The first kappa shape index (κ1) is 23.7. The maximum atomic E-state index is 13.5. The van der Waals surface area contributed by atoms with E-state index < -0.39 is 6.04 Å². The van der Waals surface area contributed by atoms with Crippen LogP contribution in [-0.4, -0.2) is 25.8 Å². The van der Waals surface area contributed by atoms with E-state index in [4.69, 9.17) is 9.47 Å². The summed E-state index contributed by atoms with van der Waals surface area (Å²) in [5.41, 5.74) is 5.15. The average molecular weight is 483 g/mol. The van der Waals surface area contributed by atoms with Gasteiger partial charge in [0.15, 0.2) is 23.1 Å². The topological polar surface area (TPSA) is 76.7 Å². The van der Waals surface area contributed by atoms with E-state index in [0.29, 0.717) is 34.6 Å². The molecular weight excluding hydrogens is 452 g/mol. The van der Waals surface area contributed by atoms with Crippen LogP contribution < -0.4 is 20.1 Å². The van der Waals surface area contributed by atoms with E-state index in [9.17, 15) is 9.59 Å². The van der Waals surface area contributed by atoms with E-state index in [1.54, 1.807) is 14.2 Å². The lowest BCUT2D eigenvalue weighted by Crippen LogP contribution is -2.31. The first-order valence-corrected chi connectivity index (χ1v) is 12.0. The molecule has 6 heteroatoms. The number of benzene rings is 3. The predicted molar refractivity (Wildman–Crippen MR) is 141 cm³/mol. The summed E-state index contributed by atoms with van der Waals surface area (Å²) in [6.07, 6.45) is 1.21. The summed E-state index contributed by atoms with van der Waals surface area (Å²) in [4.78, 5) is 26.7. The van der Waals surface area contributed by atoms with E-state index in [0.717, 1.165) is 29.1 Å². The van der Waals surface area contributed by atoms with Crippen molar-refractivity contribution in [1.29, 1.82) is 0 Å². The first-order chi connectivity index (χ1) is 17.3. The Kier molecular flexibility index (Phi) is 6.04. The number of Topliss-reactive ketones (excluding diaryl/α,β-unsaturated/α-hetero) is 1. The lowest BCUT2D eigenvalue weighted by atomic mass is 9.73. The van der Waals surface area contributed by atoms with Gasteiger partial charge in [0.25, 0.3) is 0 Å². The average Bonchev–Trinajstić information content (AvgIpc) is 3.03. The van der Waals surface area contributed by atoms with E-state index in [1.807, 2.05) is 66.7 Å². The molecule has 0 spiro atoms. The molecule has 184 valence electrons. The molecule has 1 unspecified atom stereocenters. The predicted octanol–water partition coefficient (Wildman–Crippen LogP) is 6.16. The Labute approximate surface area is 211 Å². The van der Waals surface area contributed by atoms with Crippen LogP contribution in [0.1, 0.15) is 54.2 Å². The molecular formula is C30H30N2O4. The van der Waals surface area contributed by atoms with Crippen LogP contribution in [0, 0.1) is 5.41 Å². The molecule has 1 atom stereocenters. The largest absolute Gasteiger partial charge is 0.493 e. The standard InChI is InChI=1S/C30H30N2O4/c1-30(2)16-23-27(24(33)17-30)28(19-11-13-25(35-3)26(15-19)36-4)32-22-14-20(10-12-21(22)31-23)29(34)18-8-6-5-7-9-18/h5-15,28,31-32H,16-17H2,1-4H3. The van der Waals surface area contributed by atoms with Crippen LogP contribution in [-0.2, 0) is 4.79 Å².